The van der Waals surface area contributed by atoms with Crippen molar-refractivity contribution in [3.8, 4) is 0 Å². The highest BCUT2D eigenvalue weighted by Crippen LogP contribution is 2.20. The third-order valence-electron chi connectivity index (χ3n) is 4.15. The number of fused-ring (bicyclic) bond motifs is 1. The van der Waals surface area contributed by atoms with E-state index in [1.54, 1.807) is 24.4 Å². The zero-order chi connectivity index (χ0) is 17.7. The molecule has 25 heavy (non-hydrogen) atoms. The molecule has 0 saturated carbocycles. The molecule has 0 aliphatic rings. The molecule has 0 radical (unpaired) electrons. The summed E-state index contributed by atoms with van der Waals surface area (Å²) < 4.78 is 27.7. The SMILES string of the molecule is CCCCCc1ccc(S(=O)(=O)Nc2cnc3ccccc3c2)cc1. The van der Waals surface area contributed by atoms with Crippen molar-refractivity contribution in [1.82, 2.24) is 4.98 Å². The van der Waals surface area contributed by atoms with Crippen LogP contribution in [0.3, 0.4) is 0 Å². The molecule has 1 aromatic heterocycles. The van der Waals surface area contributed by atoms with Gasteiger partial charge in [-0.05, 0) is 42.7 Å². The lowest BCUT2D eigenvalue weighted by Gasteiger charge is -2.09. The Morgan fingerprint density at radius 1 is 1.00 bits per heavy atom. The summed E-state index contributed by atoms with van der Waals surface area (Å²) in [5.74, 6) is 0. The Morgan fingerprint density at radius 2 is 1.76 bits per heavy atom. The van der Waals surface area contributed by atoms with E-state index in [1.165, 1.54) is 18.4 Å². The van der Waals surface area contributed by atoms with E-state index in [-0.39, 0.29) is 4.90 Å². The zero-order valence-electron chi connectivity index (χ0n) is 14.3. The van der Waals surface area contributed by atoms with Crippen LogP contribution in [-0.4, -0.2) is 13.4 Å². The number of hydrogen-bond donors (Lipinski definition) is 1. The minimum atomic E-state index is -3.61. The molecule has 0 atom stereocenters. The van der Waals surface area contributed by atoms with Gasteiger partial charge in [0, 0.05) is 5.39 Å². The maximum atomic E-state index is 12.6. The summed E-state index contributed by atoms with van der Waals surface area (Å²) in [6.45, 7) is 2.17. The van der Waals surface area contributed by atoms with Gasteiger partial charge >= 0.3 is 0 Å². The molecule has 0 amide bonds. The summed E-state index contributed by atoms with van der Waals surface area (Å²) in [6.07, 6.45) is 6.02. The van der Waals surface area contributed by atoms with Gasteiger partial charge in [0.1, 0.15) is 0 Å². The van der Waals surface area contributed by atoms with Crippen molar-refractivity contribution in [2.24, 2.45) is 0 Å². The van der Waals surface area contributed by atoms with Crippen molar-refractivity contribution < 1.29 is 8.42 Å². The highest BCUT2D eigenvalue weighted by Gasteiger charge is 2.14. The summed E-state index contributed by atoms with van der Waals surface area (Å²) in [6, 6.07) is 16.5. The first kappa shape index (κ1) is 17.4. The average Bonchev–Trinajstić information content (AvgIpc) is 2.62. The van der Waals surface area contributed by atoms with Gasteiger partial charge in [0.2, 0.25) is 0 Å². The number of hydrogen-bond acceptors (Lipinski definition) is 3. The van der Waals surface area contributed by atoms with Gasteiger partial charge in [-0.2, -0.15) is 0 Å². The van der Waals surface area contributed by atoms with Gasteiger partial charge in [0.25, 0.3) is 10.0 Å². The minimum Gasteiger partial charge on any atom is -0.278 e. The van der Waals surface area contributed by atoms with Gasteiger partial charge in [-0.15, -0.1) is 0 Å². The van der Waals surface area contributed by atoms with Crippen molar-refractivity contribution in [3.63, 3.8) is 0 Å². The van der Waals surface area contributed by atoms with Gasteiger partial charge in [-0.1, -0.05) is 50.1 Å². The monoisotopic (exact) mass is 354 g/mol. The zero-order valence-corrected chi connectivity index (χ0v) is 15.1. The van der Waals surface area contributed by atoms with Crippen LogP contribution in [0.5, 0.6) is 0 Å². The number of para-hydroxylation sites is 1. The van der Waals surface area contributed by atoms with Crippen molar-refractivity contribution >= 4 is 26.6 Å². The van der Waals surface area contributed by atoms with Crippen LogP contribution in [0.15, 0.2) is 65.7 Å². The van der Waals surface area contributed by atoms with Crippen LogP contribution >= 0.6 is 0 Å². The van der Waals surface area contributed by atoms with E-state index in [0.29, 0.717) is 5.69 Å². The molecule has 0 unspecified atom stereocenters. The van der Waals surface area contributed by atoms with Crippen LogP contribution in [0.4, 0.5) is 5.69 Å². The summed E-state index contributed by atoms with van der Waals surface area (Å²) in [4.78, 5) is 4.55. The van der Waals surface area contributed by atoms with Crippen LogP contribution in [0.1, 0.15) is 31.7 Å². The molecule has 0 bridgehead atoms. The molecular formula is C20H22N2O2S. The normalized spacial score (nSPS) is 11.6. The lowest BCUT2D eigenvalue weighted by molar-refractivity contribution is 0.601. The van der Waals surface area contributed by atoms with Gasteiger partial charge in [0.15, 0.2) is 0 Å². The largest absolute Gasteiger partial charge is 0.278 e. The molecular weight excluding hydrogens is 332 g/mol. The number of rotatable bonds is 7. The van der Waals surface area contributed by atoms with Crippen LogP contribution in [-0.2, 0) is 16.4 Å². The first-order chi connectivity index (χ1) is 12.1. The number of pyridine rings is 1. The van der Waals surface area contributed by atoms with Crippen LogP contribution in [0, 0.1) is 0 Å². The third kappa shape index (κ3) is 4.37. The van der Waals surface area contributed by atoms with E-state index < -0.39 is 10.0 Å². The highest BCUT2D eigenvalue weighted by molar-refractivity contribution is 7.92. The Hall–Kier alpha value is -2.40. The Balaban J connectivity index is 1.76. The minimum absolute atomic E-state index is 0.264. The topological polar surface area (TPSA) is 59.1 Å². The van der Waals surface area contributed by atoms with Crippen molar-refractivity contribution in [2.75, 3.05) is 4.72 Å². The molecule has 5 heteroatoms. The highest BCUT2D eigenvalue weighted by atomic mass is 32.2. The predicted molar refractivity (Wildman–Crippen MR) is 102 cm³/mol. The second kappa shape index (κ2) is 7.66. The van der Waals surface area contributed by atoms with Crippen molar-refractivity contribution in [1.29, 1.82) is 0 Å². The molecule has 2 aromatic carbocycles. The van der Waals surface area contributed by atoms with Gasteiger partial charge in [0.05, 0.1) is 22.3 Å². The maximum absolute atomic E-state index is 12.6. The number of unbranched alkanes of at least 4 members (excludes halogenated alkanes) is 2. The molecule has 0 fully saturated rings. The molecule has 0 spiro atoms. The van der Waals surface area contributed by atoms with E-state index >= 15 is 0 Å². The number of nitrogens with one attached hydrogen (secondary N) is 1. The number of anilines is 1. The fourth-order valence-corrected chi connectivity index (χ4v) is 3.79. The summed E-state index contributed by atoms with van der Waals surface area (Å²) in [5, 5.41) is 0.897. The van der Waals surface area contributed by atoms with Gasteiger partial charge in [-0.3, -0.25) is 9.71 Å². The van der Waals surface area contributed by atoms with Crippen molar-refractivity contribution in [2.45, 2.75) is 37.5 Å². The smallest absolute Gasteiger partial charge is 0.261 e. The first-order valence-electron chi connectivity index (χ1n) is 8.55. The fraction of sp³-hybridized carbons (Fsp3) is 0.250. The second-order valence-electron chi connectivity index (χ2n) is 6.12. The number of nitrogens with zero attached hydrogens (tertiary/aromatic N) is 1. The Kier molecular flexibility index (Phi) is 5.34. The number of aryl methyl sites for hydroxylation is 1. The number of aromatic nitrogens is 1. The number of sulfonamides is 1. The van der Waals surface area contributed by atoms with E-state index in [9.17, 15) is 8.42 Å². The first-order valence-corrected chi connectivity index (χ1v) is 10.0. The fourth-order valence-electron chi connectivity index (χ4n) is 2.76. The molecule has 1 heterocycles. The summed E-state index contributed by atoms with van der Waals surface area (Å²) in [5.41, 5.74) is 2.47. The molecule has 0 aliphatic heterocycles. The molecule has 3 rings (SSSR count). The van der Waals surface area contributed by atoms with E-state index in [0.717, 1.165) is 23.7 Å². The standard InChI is InChI=1S/C20H22N2O2S/c1-2-3-4-7-16-10-12-19(13-11-16)25(23,24)22-18-14-17-8-5-6-9-20(17)21-15-18/h5-6,8-15,22H,2-4,7H2,1H3. The molecule has 0 saturated heterocycles. The quantitative estimate of drug-likeness (QED) is 0.622. The Morgan fingerprint density at radius 3 is 2.52 bits per heavy atom. The van der Waals surface area contributed by atoms with Crippen LogP contribution < -0.4 is 4.72 Å². The molecule has 1 N–H and O–H groups in total. The molecule has 3 aromatic rings. The predicted octanol–water partition coefficient (Wildman–Crippen LogP) is 4.77. The van der Waals surface area contributed by atoms with E-state index in [2.05, 4.69) is 16.6 Å². The van der Waals surface area contributed by atoms with E-state index in [1.807, 2.05) is 36.4 Å². The lowest BCUT2D eigenvalue weighted by atomic mass is 10.1. The second-order valence-corrected chi connectivity index (χ2v) is 7.81. The maximum Gasteiger partial charge on any atom is 0.261 e. The molecule has 4 nitrogen and oxygen atoms in total. The van der Waals surface area contributed by atoms with Gasteiger partial charge in [-0.25, -0.2) is 8.42 Å². The summed E-state index contributed by atoms with van der Waals surface area (Å²) >= 11 is 0. The Bertz CT molecular complexity index is 951. The Labute approximate surface area is 149 Å². The third-order valence-corrected chi connectivity index (χ3v) is 5.54. The molecule has 0 aliphatic carbocycles. The molecule has 130 valence electrons. The van der Waals surface area contributed by atoms with Crippen LogP contribution in [0.25, 0.3) is 10.9 Å². The van der Waals surface area contributed by atoms with Gasteiger partial charge < -0.3 is 0 Å². The van der Waals surface area contributed by atoms with E-state index in [4.69, 9.17) is 0 Å². The van der Waals surface area contributed by atoms with Crippen molar-refractivity contribution in [3.05, 3.63) is 66.4 Å². The summed E-state index contributed by atoms with van der Waals surface area (Å²) in [7, 11) is -3.61. The van der Waals surface area contributed by atoms with Crippen LogP contribution in [0.2, 0.25) is 0 Å². The lowest BCUT2D eigenvalue weighted by Crippen LogP contribution is -2.13. The number of benzene rings is 2. The average molecular weight is 354 g/mol.